The van der Waals surface area contributed by atoms with Gasteiger partial charge in [0.25, 0.3) is 0 Å². The molecule has 4 rings (SSSR count). The van der Waals surface area contributed by atoms with Gasteiger partial charge in [0, 0.05) is 35.3 Å². The van der Waals surface area contributed by atoms with E-state index in [9.17, 15) is 0 Å². The van der Waals surface area contributed by atoms with Gasteiger partial charge < -0.3 is 9.13 Å². The van der Waals surface area contributed by atoms with Crippen LogP contribution in [0.25, 0.3) is 0 Å². The molecule has 0 saturated heterocycles. The topological polar surface area (TPSA) is 34.1 Å². The molecule has 0 bridgehead atoms. The van der Waals surface area contributed by atoms with Crippen LogP contribution in [0.3, 0.4) is 0 Å². The SMILES string of the molecule is CC(C)c1cc(C(C)C)c(P(=O)(CCCCP(=O)(Cc2ccccc2)c2c(C(C)C)cc(C(C)C)cc2C(C)C)Cc2ccccc2)c(C(C)C)c1. The summed E-state index contributed by atoms with van der Waals surface area (Å²) in [5, 5.41) is 2.23. The van der Waals surface area contributed by atoms with E-state index in [1.54, 1.807) is 0 Å². The summed E-state index contributed by atoms with van der Waals surface area (Å²) in [6.07, 6.45) is 3.91. The van der Waals surface area contributed by atoms with E-state index in [1.165, 1.54) is 33.4 Å². The van der Waals surface area contributed by atoms with Gasteiger partial charge in [0.15, 0.2) is 0 Å². The van der Waals surface area contributed by atoms with Crippen LogP contribution in [0.4, 0.5) is 0 Å². The maximum absolute atomic E-state index is 15.9. The maximum Gasteiger partial charge on any atom is 0.120 e. The van der Waals surface area contributed by atoms with Gasteiger partial charge >= 0.3 is 0 Å². The first kappa shape index (κ1) is 42.1. The summed E-state index contributed by atoms with van der Waals surface area (Å²) in [5.41, 5.74) is 9.91. The lowest BCUT2D eigenvalue weighted by molar-refractivity contribution is 0.572. The van der Waals surface area contributed by atoms with Crippen LogP contribution in [0.5, 0.6) is 0 Å². The Hall–Kier alpha value is -2.66. The summed E-state index contributed by atoms with van der Waals surface area (Å²) in [4.78, 5) is 0. The monoisotopic (exact) mass is 738 g/mol. The molecule has 0 amide bonds. The standard InChI is InChI=1S/C48H68O2P2/c1-33(2)41-27-43(35(5)6)47(44(28-41)36(7)8)51(49,31-39-21-15-13-16-22-39)25-19-20-26-52(50,32-40-23-17-14-18-24-40)48-45(37(9)10)29-42(34(3)4)30-46(48)38(11)12/h13-18,21-24,27-30,33-38H,19-20,25-26,31-32H2,1-12H3. The van der Waals surface area contributed by atoms with E-state index in [1.807, 2.05) is 12.1 Å². The zero-order valence-electron chi connectivity index (χ0n) is 34.5. The normalized spacial score (nSPS) is 14.6. The lowest BCUT2D eigenvalue weighted by Crippen LogP contribution is -2.24. The third kappa shape index (κ3) is 10.1. The van der Waals surface area contributed by atoms with E-state index in [4.69, 9.17) is 0 Å². The van der Waals surface area contributed by atoms with Crippen LogP contribution >= 0.6 is 14.3 Å². The molecule has 0 aliphatic carbocycles. The zero-order valence-corrected chi connectivity index (χ0v) is 36.3. The third-order valence-corrected chi connectivity index (χ3v) is 17.4. The van der Waals surface area contributed by atoms with Crippen LogP contribution in [0.1, 0.15) is 176 Å². The third-order valence-electron chi connectivity index (χ3n) is 10.9. The van der Waals surface area contributed by atoms with Gasteiger partial charge in [0.2, 0.25) is 0 Å². The Balaban J connectivity index is 1.81. The Bertz CT molecular complexity index is 1650. The number of unbranched alkanes of at least 4 members (excludes halogenated alkanes) is 1. The summed E-state index contributed by atoms with van der Waals surface area (Å²) in [7, 11) is -5.81. The molecule has 4 aromatic carbocycles. The highest BCUT2D eigenvalue weighted by molar-refractivity contribution is 7.71. The lowest BCUT2D eigenvalue weighted by atomic mass is 9.89. The Kier molecular flexibility index (Phi) is 14.7. The maximum atomic E-state index is 15.9. The zero-order chi connectivity index (χ0) is 38.4. The van der Waals surface area contributed by atoms with Crippen LogP contribution in [0.2, 0.25) is 0 Å². The number of hydrogen-bond acceptors (Lipinski definition) is 2. The molecule has 0 aliphatic rings. The van der Waals surface area contributed by atoms with Gasteiger partial charge in [-0.1, -0.05) is 168 Å². The molecule has 52 heavy (non-hydrogen) atoms. The molecule has 0 saturated carbocycles. The molecule has 4 heteroatoms. The van der Waals surface area contributed by atoms with Crippen LogP contribution in [-0.2, 0) is 21.5 Å². The molecule has 0 fully saturated rings. The predicted molar refractivity (Wildman–Crippen MR) is 231 cm³/mol. The largest absolute Gasteiger partial charge is 0.318 e. The Morgan fingerprint density at radius 3 is 0.904 bits per heavy atom. The molecule has 0 aromatic heterocycles. The molecule has 2 nitrogen and oxygen atoms in total. The van der Waals surface area contributed by atoms with Crippen molar-refractivity contribution in [3.8, 4) is 0 Å². The minimum absolute atomic E-state index is 0.263. The van der Waals surface area contributed by atoms with Crippen molar-refractivity contribution >= 4 is 24.9 Å². The van der Waals surface area contributed by atoms with Crippen molar-refractivity contribution < 1.29 is 9.13 Å². The highest BCUT2D eigenvalue weighted by Crippen LogP contribution is 2.55. The first-order valence-corrected chi connectivity index (χ1v) is 24.2. The molecule has 0 spiro atoms. The van der Waals surface area contributed by atoms with Crippen molar-refractivity contribution in [2.75, 3.05) is 12.3 Å². The number of hydrogen-bond donors (Lipinski definition) is 0. The van der Waals surface area contributed by atoms with Gasteiger partial charge in [-0.15, -0.1) is 0 Å². The van der Waals surface area contributed by atoms with Crippen LogP contribution in [-0.4, -0.2) is 12.3 Å². The van der Waals surface area contributed by atoms with Crippen molar-refractivity contribution in [2.45, 2.75) is 144 Å². The van der Waals surface area contributed by atoms with Crippen molar-refractivity contribution in [3.05, 3.63) is 129 Å². The summed E-state index contributed by atoms with van der Waals surface area (Å²) in [5.74, 6) is 1.85. The average Bonchev–Trinajstić information content (AvgIpc) is 3.09. The molecule has 0 N–H and O–H groups in total. The highest BCUT2D eigenvalue weighted by atomic mass is 31.2. The first-order valence-electron chi connectivity index (χ1n) is 20.1. The molecule has 4 aromatic rings. The van der Waals surface area contributed by atoms with E-state index in [2.05, 4.69) is 156 Å². The second-order valence-electron chi connectivity index (χ2n) is 17.2. The fourth-order valence-corrected chi connectivity index (χ4v) is 15.1. The van der Waals surface area contributed by atoms with Gasteiger partial charge in [-0.2, -0.15) is 0 Å². The molecule has 0 heterocycles. The second kappa shape index (κ2) is 18.1. The van der Waals surface area contributed by atoms with Crippen molar-refractivity contribution in [3.63, 3.8) is 0 Å². The Labute approximate surface area is 318 Å². The van der Waals surface area contributed by atoms with Gasteiger partial charge in [0.1, 0.15) is 14.3 Å². The summed E-state index contributed by atoms with van der Waals surface area (Å²) in [6, 6.07) is 30.3. The molecular formula is C48H68O2P2. The molecule has 2 unspecified atom stereocenters. The number of rotatable bonds is 17. The van der Waals surface area contributed by atoms with Crippen LogP contribution in [0.15, 0.2) is 84.9 Å². The molecule has 282 valence electrons. The fraction of sp³-hybridized carbons (Fsp3) is 0.500. The summed E-state index contributed by atoms with van der Waals surface area (Å²) in [6.45, 7) is 27.0. The second-order valence-corrected chi connectivity index (χ2v) is 23.2. The van der Waals surface area contributed by atoms with E-state index in [-0.39, 0.29) is 23.7 Å². The van der Waals surface area contributed by atoms with Crippen molar-refractivity contribution in [1.29, 1.82) is 0 Å². The van der Waals surface area contributed by atoms with Crippen molar-refractivity contribution in [1.82, 2.24) is 0 Å². The van der Waals surface area contributed by atoms with Crippen molar-refractivity contribution in [2.24, 2.45) is 0 Å². The summed E-state index contributed by atoms with van der Waals surface area (Å²) < 4.78 is 31.8. The van der Waals surface area contributed by atoms with Gasteiger partial charge in [-0.25, -0.2) is 0 Å². The van der Waals surface area contributed by atoms with Gasteiger partial charge in [0.05, 0.1) is 0 Å². The molecular weight excluding hydrogens is 670 g/mol. The smallest absolute Gasteiger partial charge is 0.120 e. The van der Waals surface area contributed by atoms with Crippen LogP contribution < -0.4 is 10.6 Å². The average molecular weight is 739 g/mol. The Morgan fingerprint density at radius 1 is 0.404 bits per heavy atom. The van der Waals surface area contributed by atoms with Gasteiger partial charge in [-0.05, 0) is 92.9 Å². The predicted octanol–water partition coefficient (Wildman–Crippen LogP) is 14.3. The van der Waals surface area contributed by atoms with E-state index in [0.717, 1.165) is 34.6 Å². The quantitative estimate of drug-likeness (QED) is 0.0798. The number of benzene rings is 4. The summed E-state index contributed by atoms with van der Waals surface area (Å²) >= 11 is 0. The molecule has 0 radical (unpaired) electrons. The molecule has 2 atom stereocenters. The minimum Gasteiger partial charge on any atom is -0.318 e. The highest BCUT2D eigenvalue weighted by Gasteiger charge is 2.35. The van der Waals surface area contributed by atoms with E-state index in [0.29, 0.717) is 36.5 Å². The van der Waals surface area contributed by atoms with E-state index >= 15 is 9.13 Å². The van der Waals surface area contributed by atoms with E-state index < -0.39 is 14.3 Å². The van der Waals surface area contributed by atoms with Crippen LogP contribution in [0, 0.1) is 0 Å². The van der Waals surface area contributed by atoms with Gasteiger partial charge in [-0.3, -0.25) is 0 Å². The fourth-order valence-electron chi connectivity index (χ4n) is 7.81. The minimum atomic E-state index is -2.90. The first-order chi connectivity index (χ1) is 24.5. The Morgan fingerprint density at radius 2 is 0.673 bits per heavy atom. The molecule has 0 aliphatic heterocycles. The lowest BCUT2D eigenvalue weighted by Gasteiger charge is -2.30.